The molecule has 0 saturated heterocycles. The van der Waals surface area contributed by atoms with E-state index in [9.17, 15) is 18.0 Å². The molecule has 0 atom stereocenters. The molecular weight excluding hydrogens is 368 g/mol. The minimum Gasteiger partial charge on any atom is -0.273 e. The molecule has 3 N–H and O–H groups in total. The van der Waals surface area contributed by atoms with E-state index in [0.717, 1.165) is 0 Å². The number of nitrogens with zero attached hydrogens (tertiary/aromatic N) is 1. The highest BCUT2D eigenvalue weighted by molar-refractivity contribution is 7.89. The van der Waals surface area contributed by atoms with Crippen LogP contribution in [0.4, 0.5) is 0 Å². The van der Waals surface area contributed by atoms with E-state index in [-0.39, 0.29) is 28.6 Å². The van der Waals surface area contributed by atoms with Crippen molar-refractivity contribution in [1.82, 2.24) is 20.6 Å². The van der Waals surface area contributed by atoms with Crippen molar-refractivity contribution in [2.75, 3.05) is 6.54 Å². The minimum absolute atomic E-state index is 0.00358. The number of nitrogens with one attached hydrogen (secondary N) is 3. The quantitative estimate of drug-likeness (QED) is 0.641. The zero-order chi connectivity index (χ0) is 18.3. The summed E-state index contributed by atoms with van der Waals surface area (Å²) in [7, 11) is -3.76. The largest absolute Gasteiger partial charge is 0.288 e. The van der Waals surface area contributed by atoms with Crippen LogP contribution in [0.3, 0.4) is 0 Å². The number of amides is 2. The van der Waals surface area contributed by atoms with Crippen LogP contribution >= 0.6 is 11.6 Å². The van der Waals surface area contributed by atoms with Crippen LogP contribution in [0.25, 0.3) is 0 Å². The van der Waals surface area contributed by atoms with Crippen LogP contribution in [0.2, 0.25) is 5.02 Å². The second kappa shape index (κ2) is 8.56. The zero-order valence-electron chi connectivity index (χ0n) is 12.9. The van der Waals surface area contributed by atoms with E-state index in [1.807, 2.05) is 0 Å². The predicted molar refractivity (Wildman–Crippen MR) is 91.1 cm³/mol. The van der Waals surface area contributed by atoms with Gasteiger partial charge in [0, 0.05) is 24.2 Å². The first kappa shape index (κ1) is 18.8. The van der Waals surface area contributed by atoms with Gasteiger partial charge in [-0.25, -0.2) is 13.1 Å². The highest BCUT2D eigenvalue weighted by Gasteiger charge is 2.14. The van der Waals surface area contributed by atoms with Crippen molar-refractivity contribution >= 4 is 33.4 Å². The molecule has 0 fully saturated rings. The minimum atomic E-state index is -3.76. The molecule has 1 aromatic heterocycles. The summed E-state index contributed by atoms with van der Waals surface area (Å²) in [6.45, 7) is -0.139. The summed E-state index contributed by atoms with van der Waals surface area (Å²) >= 11 is 5.76. The van der Waals surface area contributed by atoms with Gasteiger partial charge in [-0.05, 0) is 30.3 Å². The first-order chi connectivity index (χ1) is 11.9. The number of hydrogen-bond donors (Lipinski definition) is 3. The molecule has 8 nitrogen and oxygen atoms in total. The van der Waals surface area contributed by atoms with Crippen molar-refractivity contribution in [2.45, 2.75) is 11.3 Å². The van der Waals surface area contributed by atoms with Gasteiger partial charge < -0.3 is 0 Å². The van der Waals surface area contributed by atoms with Gasteiger partial charge in [0.2, 0.25) is 15.9 Å². The fourth-order valence-electron chi connectivity index (χ4n) is 1.77. The predicted octanol–water partition coefficient (Wildman–Crippen LogP) is 0.865. The van der Waals surface area contributed by atoms with Gasteiger partial charge in [-0.3, -0.25) is 25.4 Å². The van der Waals surface area contributed by atoms with Crippen LogP contribution < -0.4 is 15.6 Å². The molecule has 1 heterocycles. The number of pyridine rings is 1. The number of aromatic nitrogens is 1. The lowest BCUT2D eigenvalue weighted by Crippen LogP contribution is -2.43. The lowest BCUT2D eigenvalue weighted by Gasteiger charge is -2.08. The lowest BCUT2D eigenvalue weighted by atomic mass is 10.3. The number of halogens is 1. The highest BCUT2D eigenvalue weighted by atomic mass is 35.5. The summed E-state index contributed by atoms with van der Waals surface area (Å²) < 4.78 is 26.4. The average Bonchev–Trinajstić information content (AvgIpc) is 2.60. The Morgan fingerprint density at radius 1 is 1.08 bits per heavy atom. The molecule has 132 valence electrons. The van der Waals surface area contributed by atoms with E-state index in [4.69, 9.17) is 11.6 Å². The highest BCUT2D eigenvalue weighted by Crippen LogP contribution is 2.14. The topological polar surface area (TPSA) is 117 Å². The molecule has 0 aliphatic carbocycles. The van der Waals surface area contributed by atoms with E-state index in [1.165, 1.54) is 30.5 Å². The maximum atomic E-state index is 12.0. The first-order valence-corrected chi connectivity index (χ1v) is 9.00. The Bertz CT molecular complexity index is 859. The second-order valence-corrected chi connectivity index (χ2v) is 7.03. The van der Waals surface area contributed by atoms with E-state index >= 15 is 0 Å². The van der Waals surface area contributed by atoms with Gasteiger partial charge >= 0.3 is 0 Å². The molecule has 0 bridgehead atoms. The molecule has 1 aromatic carbocycles. The van der Waals surface area contributed by atoms with Gasteiger partial charge in [0.1, 0.15) is 5.69 Å². The van der Waals surface area contributed by atoms with Crippen molar-refractivity contribution in [1.29, 1.82) is 0 Å². The summed E-state index contributed by atoms with van der Waals surface area (Å²) in [5.41, 5.74) is 4.51. The second-order valence-electron chi connectivity index (χ2n) is 4.82. The summed E-state index contributed by atoms with van der Waals surface area (Å²) in [6, 6.07) is 10.5. The summed E-state index contributed by atoms with van der Waals surface area (Å²) in [5.74, 6) is -1.13. The number of carbonyl (C=O) groups is 2. The molecule has 10 heteroatoms. The third-order valence-electron chi connectivity index (χ3n) is 2.96. The number of rotatable bonds is 6. The summed E-state index contributed by atoms with van der Waals surface area (Å²) in [5, 5.41) is 0.290. The molecule has 0 radical (unpaired) electrons. The Hall–Kier alpha value is -2.49. The standard InChI is InChI=1S/C15H15ClN4O4S/c16-11-4-3-5-12(10-11)25(23,24)18-9-7-14(21)19-20-15(22)13-6-1-2-8-17-13/h1-6,8,10,18H,7,9H2,(H,19,21)(H,20,22). The van der Waals surface area contributed by atoms with Crippen LogP contribution in [0.15, 0.2) is 53.6 Å². The molecular formula is C15H15ClN4O4S. The molecule has 25 heavy (non-hydrogen) atoms. The SMILES string of the molecule is O=C(CCNS(=O)(=O)c1cccc(Cl)c1)NNC(=O)c1ccccn1. The third kappa shape index (κ3) is 5.82. The maximum Gasteiger partial charge on any atom is 0.288 e. The molecule has 0 spiro atoms. The van der Waals surface area contributed by atoms with E-state index in [1.54, 1.807) is 18.2 Å². The number of sulfonamides is 1. The smallest absolute Gasteiger partial charge is 0.273 e. The Morgan fingerprint density at radius 3 is 2.56 bits per heavy atom. The van der Waals surface area contributed by atoms with Crippen molar-refractivity contribution in [2.24, 2.45) is 0 Å². The molecule has 2 rings (SSSR count). The van der Waals surface area contributed by atoms with Crippen LogP contribution in [-0.4, -0.2) is 31.8 Å². The Labute approximate surface area is 149 Å². The third-order valence-corrected chi connectivity index (χ3v) is 4.66. The van der Waals surface area contributed by atoms with Crippen molar-refractivity contribution < 1.29 is 18.0 Å². The van der Waals surface area contributed by atoms with Crippen molar-refractivity contribution in [3.63, 3.8) is 0 Å². The van der Waals surface area contributed by atoms with Gasteiger partial charge in [-0.1, -0.05) is 23.7 Å². The molecule has 0 unspecified atom stereocenters. The average molecular weight is 383 g/mol. The monoisotopic (exact) mass is 382 g/mol. The fraction of sp³-hybridized carbons (Fsp3) is 0.133. The van der Waals surface area contributed by atoms with Gasteiger partial charge in [-0.2, -0.15) is 0 Å². The Morgan fingerprint density at radius 2 is 1.88 bits per heavy atom. The number of carbonyl (C=O) groups excluding carboxylic acids is 2. The molecule has 0 saturated carbocycles. The zero-order valence-corrected chi connectivity index (χ0v) is 14.5. The van der Waals surface area contributed by atoms with Gasteiger partial charge in [-0.15, -0.1) is 0 Å². The van der Waals surface area contributed by atoms with Gasteiger partial charge in [0.05, 0.1) is 4.90 Å². The van der Waals surface area contributed by atoms with E-state index < -0.39 is 21.8 Å². The van der Waals surface area contributed by atoms with Crippen molar-refractivity contribution in [3.8, 4) is 0 Å². The van der Waals surface area contributed by atoms with Crippen LogP contribution in [0.5, 0.6) is 0 Å². The molecule has 2 amide bonds. The lowest BCUT2D eigenvalue weighted by molar-refractivity contribution is -0.121. The molecule has 0 aliphatic rings. The van der Waals surface area contributed by atoms with Crippen LogP contribution in [0.1, 0.15) is 16.9 Å². The first-order valence-electron chi connectivity index (χ1n) is 7.14. The van der Waals surface area contributed by atoms with Crippen LogP contribution in [-0.2, 0) is 14.8 Å². The van der Waals surface area contributed by atoms with Crippen molar-refractivity contribution in [3.05, 3.63) is 59.4 Å². The van der Waals surface area contributed by atoms with Gasteiger partial charge in [0.15, 0.2) is 0 Å². The van der Waals surface area contributed by atoms with E-state index in [2.05, 4.69) is 20.6 Å². The maximum absolute atomic E-state index is 12.0. The summed E-state index contributed by atoms with van der Waals surface area (Å²) in [6.07, 6.45) is 1.28. The molecule has 2 aromatic rings. The molecule has 0 aliphatic heterocycles. The number of hydrogen-bond acceptors (Lipinski definition) is 5. The number of benzene rings is 1. The van der Waals surface area contributed by atoms with Crippen LogP contribution in [0, 0.1) is 0 Å². The van der Waals surface area contributed by atoms with E-state index in [0.29, 0.717) is 0 Å². The normalized spacial score (nSPS) is 10.9. The fourth-order valence-corrected chi connectivity index (χ4v) is 3.10. The Balaban J connectivity index is 1.78. The Kier molecular flexibility index (Phi) is 6.45. The van der Waals surface area contributed by atoms with Gasteiger partial charge in [0.25, 0.3) is 5.91 Å². The summed E-state index contributed by atoms with van der Waals surface area (Å²) in [4.78, 5) is 27.2. The number of hydrazine groups is 1.